The third kappa shape index (κ3) is 1.45. The highest BCUT2D eigenvalue weighted by atomic mass is 16.1. The van der Waals surface area contributed by atoms with Crippen LogP contribution in [-0.4, -0.2) is 11.9 Å². The molecular weight excluding hydrogens is 176 g/mol. The zero-order chi connectivity index (χ0) is 10.1. The molecule has 3 N–H and O–H groups in total. The van der Waals surface area contributed by atoms with Gasteiger partial charge in [-0.3, -0.25) is 4.79 Å². The van der Waals surface area contributed by atoms with Crippen LogP contribution in [0.25, 0.3) is 0 Å². The van der Waals surface area contributed by atoms with E-state index in [1.54, 1.807) is 0 Å². The number of hydrogen-bond acceptors (Lipinski definition) is 2. The lowest BCUT2D eigenvalue weighted by atomic mass is 9.87. The number of nitrogens with two attached hydrogens (primary N) is 1. The number of carbonyl (C=O) groups is 1. The van der Waals surface area contributed by atoms with Gasteiger partial charge in [0.1, 0.15) is 0 Å². The minimum Gasteiger partial charge on any atom is -0.382 e. The Morgan fingerprint density at radius 2 is 2.21 bits per heavy atom. The Hall–Kier alpha value is -1.51. The van der Waals surface area contributed by atoms with Gasteiger partial charge in [-0.15, -0.1) is 0 Å². The molecule has 1 amide bonds. The first-order chi connectivity index (χ1) is 6.68. The molecular formula is C11H14N2O. The van der Waals surface area contributed by atoms with Crippen LogP contribution in [0.4, 0.5) is 5.69 Å². The second kappa shape index (κ2) is 3.33. The molecule has 3 heteroatoms. The third-order valence-electron chi connectivity index (χ3n) is 2.67. The predicted octanol–water partition coefficient (Wildman–Crippen LogP) is 1.46. The van der Waals surface area contributed by atoms with Crippen LogP contribution in [0, 0.1) is 0 Å². The number of hydrogen-bond donors (Lipinski definition) is 2. The molecule has 14 heavy (non-hydrogen) atoms. The molecule has 74 valence electrons. The normalized spacial score (nSPS) is 24.9. The van der Waals surface area contributed by atoms with Crippen molar-refractivity contribution in [1.82, 2.24) is 0 Å². The summed E-state index contributed by atoms with van der Waals surface area (Å²) in [7, 11) is 0. The predicted molar refractivity (Wildman–Crippen MR) is 56.1 cm³/mol. The Morgan fingerprint density at radius 1 is 1.50 bits per heavy atom. The fraction of sp³-hybridized carbons (Fsp3) is 0.364. The van der Waals surface area contributed by atoms with Gasteiger partial charge in [0.15, 0.2) is 0 Å². The summed E-state index contributed by atoms with van der Waals surface area (Å²) >= 11 is 0. The number of nitrogens with one attached hydrogen (secondary N) is 1. The van der Waals surface area contributed by atoms with Crippen LogP contribution in [0.2, 0.25) is 0 Å². The quantitative estimate of drug-likeness (QED) is 0.704. The summed E-state index contributed by atoms with van der Waals surface area (Å²) in [6, 6.07) is 8.15. The molecule has 1 aliphatic heterocycles. The maximum atomic E-state index is 11.3. The van der Waals surface area contributed by atoms with Crippen LogP contribution in [-0.2, 0) is 4.79 Å². The molecule has 3 nitrogen and oxygen atoms in total. The molecule has 2 rings (SSSR count). The molecule has 0 saturated heterocycles. The lowest BCUT2D eigenvalue weighted by molar-refractivity contribution is -0.119. The van der Waals surface area contributed by atoms with Gasteiger partial charge in [-0.25, -0.2) is 0 Å². The van der Waals surface area contributed by atoms with Gasteiger partial charge in [-0.2, -0.15) is 0 Å². The minimum atomic E-state index is -0.231. The first-order valence-electron chi connectivity index (χ1n) is 4.83. The zero-order valence-corrected chi connectivity index (χ0v) is 8.16. The van der Waals surface area contributed by atoms with Crippen molar-refractivity contribution in [1.29, 1.82) is 0 Å². The van der Waals surface area contributed by atoms with Gasteiger partial charge >= 0.3 is 0 Å². The number of carbonyl (C=O) groups excluding carboxylic acids is 1. The van der Waals surface area contributed by atoms with Crippen LogP contribution in [0.1, 0.15) is 24.8 Å². The number of benzene rings is 1. The highest BCUT2D eigenvalue weighted by molar-refractivity contribution is 5.85. The standard InChI is InChI=1S/C11H14N2O/c1-7-6-9(11(12)14)8-4-2-3-5-10(8)13-7/h2-5,7,9,13H,6H2,1H3,(H2,12,14)/t7-,9+/m0/s1. The lowest BCUT2D eigenvalue weighted by Crippen LogP contribution is -2.32. The number of rotatable bonds is 1. The van der Waals surface area contributed by atoms with Crippen molar-refractivity contribution in [2.24, 2.45) is 5.73 Å². The van der Waals surface area contributed by atoms with E-state index in [1.165, 1.54) is 0 Å². The molecule has 0 fully saturated rings. The molecule has 1 aromatic carbocycles. The summed E-state index contributed by atoms with van der Waals surface area (Å²) in [4.78, 5) is 11.3. The highest BCUT2D eigenvalue weighted by Gasteiger charge is 2.27. The smallest absolute Gasteiger partial charge is 0.225 e. The van der Waals surface area contributed by atoms with Crippen molar-refractivity contribution < 1.29 is 4.79 Å². The Morgan fingerprint density at radius 3 is 2.93 bits per heavy atom. The van der Waals surface area contributed by atoms with E-state index in [1.807, 2.05) is 24.3 Å². The molecule has 0 aromatic heterocycles. The van der Waals surface area contributed by atoms with Crippen LogP contribution in [0.3, 0.4) is 0 Å². The van der Waals surface area contributed by atoms with E-state index in [9.17, 15) is 4.79 Å². The molecule has 2 atom stereocenters. The molecule has 1 aromatic rings. The largest absolute Gasteiger partial charge is 0.382 e. The number of para-hydroxylation sites is 1. The van der Waals surface area contributed by atoms with Crippen LogP contribution in [0.15, 0.2) is 24.3 Å². The average Bonchev–Trinajstić information content (AvgIpc) is 2.16. The van der Waals surface area contributed by atoms with E-state index in [0.717, 1.165) is 17.7 Å². The fourth-order valence-corrected chi connectivity index (χ4v) is 2.01. The van der Waals surface area contributed by atoms with E-state index in [0.29, 0.717) is 6.04 Å². The summed E-state index contributed by atoms with van der Waals surface area (Å²) in [5, 5.41) is 3.34. The molecule has 0 saturated carbocycles. The van der Waals surface area contributed by atoms with E-state index >= 15 is 0 Å². The van der Waals surface area contributed by atoms with E-state index in [2.05, 4.69) is 12.2 Å². The second-order valence-corrected chi connectivity index (χ2v) is 3.82. The van der Waals surface area contributed by atoms with Crippen LogP contribution >= 0.6 is 0 Å². The first-order valence-corrected chi connectivity index (χ1v) is 4.83. The highest BCUT2D eigenvalue weighted by Crippen LogP contribution is 2.33. The fourth-order valence-electron chi connectivity index (χ4n) is 2.01. The van der Waals surface area contributed by atoms with Crippen molar-refractivity contribution >= 4 is 11.6 Å². The third-order valence-corrected chi connectivity index (χ3v) is 2.67. The van der Waals surface area contributed by atoms with Gasteiger partial charge in [0.2, 0.25) is 5.91 Å². The van der Waals surface area contributed by atoms with Crippen molar-refractivity contribution in [3.63, 3.8) is 0 Å². The number of amides is 1. The number of fused-ring (bicyclic) bond motifs is 1. The maximum absolute atomic E-state index is 11.3. The number of anilines is 1. The van der Waals surface area contributed by atoms with Crippen LogP contribution in [0.5, 0.6) is 0 Å². The van der Waals surface area contributed by atoms with E-state index in [-0.39, 0.29) is 11.8 Å². The van der Waals surface area contributed by atoms with Crippen LogP contribution < -0.4 is 11.1 Å². The lowest BCUT2D eigenvalue weighted by Gasteiger charge is -2.29. The second-order valence-electron chi connectivity index (χ2n) is 3.82. The molecule has 0 bridgehead atoms. The van der Waals surface area contributed by atoms with Gasteiger partial charge in [0.25, 0.3) is 0 Å². The van der Waals surface area contributed by atoms with Crippen molar-refractivity contribution in [3.8, 4) is 0 Å². The Labute approximate surface area is 83.3 Å². The zero-order valence-electron chi connectivity index (χ0n) is 8.16. The Kier molecular flexibility index (Phi) is 2.15. The minimum absolute atomic E-state index is 0.137. The van der Waals surface area contributed by atoms with Gasteiger partial charge in [0.05, 0.1) is 5.92 Å². The molecule has 1 heterocycles. The molecule has 1 aliphatic rings. The monoisotopic (exact) mass is 190 g/mol. The van der Waals surface area contributed by atoms with Crippen molar-refractivity contribution in [2.75, 3.05) is 5.32 Å². The maximum Gasteiger partial charge on any atom is 0.225 e. The summed E-state index contributed by atoms with van der Waals surface area (Å²) in [5.41, 5.74) is 7.44. The molecule has 0 radical (unpaired) electrons. The first kappa shape index (κ1) is 9.06. The summed E-state index contributed by atoms with van der Waals surface area (Å²) < 4.78 is 0. The van der Waals surface area contributed by atoms with E-state index < -0.39 is 0 Å². The summed E-state index contributed by atoms with van der Waals surface area (Å²) in [6.45, 7) is 2.06. The van der Waals surface area contributed by atoms with Gasteiger partial charge in [-0.1, -0.05) is 18.2 Å². The average molecular weight is 190 g/mol. The molecule has 0 spiro atoms. The topological polar surface area (TPSA) is 55.1 Å². The van der Waals surface area contributed by atoms with Gasteiger partial charge in [-0.05, 0) is 25.0 Å². The van der Waals surface area contributed by atoms with Crippen molar-refractivity contribution in [3.05, 3.63) is 29.8 Å². The molecule has 0 unspecified atom stereocenters. The van der Waals surface area contributed by atoms with E-state index in [4.69, 9.17) is 5.73 Å². The van der Waals surface area contributed by atoms with Gasteiger partial charge < -0.3 is 11.1 Å². The van der Waals surface area contributed by atoms with Crippen molar-refractivity contribution in [2.45, 2.75) is 25.3 Å². The Balaban J connectivity index is 2.43. The SMILES string of the molecule is C[C@H]1C[C@@H](C(N)=O)c2ccccc2N1. The molecule has 0 aliphatic carbocycles. The summed E-state index contributed by atoms with van der Waals surface area (Å²) in [5.74, 6) is -0.367. The van der Waals surface area contributed by atoms with Gasteiger partial charge in [0, 0.05) is 11.7 Å². The summed E-state index contributed by atoms with van der Waals surface area (Å²) in [6.07, 6.45) is 0.784. The number of primary amides is 1. The Bertz CT molecular complexity index is 362.